The molecule has 4 rings (SSSR count). The highest BCUT2D eigenvalue weighted by Gasteiger charge is 2.29. The van der Waals surface area contributed by atoms with Crippen LogP contribution in [0.5, 0.6) is 0 Å². The van der Waals surface area contributed by atoms with Crippen LogP contribution in [0.25, 0.3) is 11.1 Å². The van der Waals surface area contributed by atoms with Gasteiger partial charge in [-0.05, 0) is 27.8 Å². The molecule has 0 bridgehead atoms. The summed E-state index contributed by atoms with van der Waals surface area (Å²) in [4.78, 5) is 23.8. The number of hydrogen-bond acceptors (Lipinski definition) is 3. The van der Waals surface area contributed by atoms with E-state index in [1.807, 2.05) is 48.5 Å². The van der Waals surface area contributed by atoms with Crippen molar-refractivity contribution in [2.24, 2.45) is 0 Å². The first-order chi connectivity index (χ1) is 15.4. The summed E-state index contributed by atoms with van der Waals surface area (Å²) >= 11 is 0. The molecule has 0 fully saturated rings. The number of carboxylic acid groups (broad SMARTS) is 1. The third-order valence-corrected chi connectivity index (χ3v) is 5.61. The van der Waals surface area contributed by atoms with Crippen molar-refractivity contribution in [1.29, 1.82) is 0 Å². The number of rotatable bonds is 7. The van der Waals surface area contributed by atoms with E-state index in [1.54, 1.807) is 0 Å². The first kappa shape index (κ1) is 21.5. The molecule has 0 spiro atoms. The lowest BCUT2D eigenvalue weighted by Crippen LogP contribution is -2.31. The molecule has 0 radical (unpaired) electrons. The summed E-state index contributed by atoms with van der Waals surface area (Å²) in [5.74, 6) is -1.26. The van der Waals surface area contributed by atoms with E-state index in [-0.39, 0.29) is 18.1 Å². The maximum atomic E-state index is 12.8. The maximum Gasteiger partial charge on any atom is 0.407 e. The summed E-state index contributed by atoms with van der Waals surface area (Å²) in [5.41, 5.74) is 4.55. The number of halogens is 2. The van der Waals surface area contributed by atoms with Crippen LogP contribution in [0.3, 0.4) is 0 Å². The van der Waals surface area contributed by atoms with Gasteiger partial charge in [-0.2, -0.15) is 0 Å². The van der Waals surface area contributed by atoms with Crippen molar-refractivity contribution in [1.82, 2.24) is 5.32 Å². The van der Waals surface area contributed by atoms with Crippen molar-refractivity contribution < 1.29 is 28.2 Å². The van der Waals surface area contributed by atoms with Gasteiger partial charge in [0, 0.05) is 11.5 Å². The zero-order chi connectivity index (χ0) is 22.7. The topological polar surface area (TPSA) is 75.6 Å². The number of ether oxygens (including phenoxy) is 1. The normalized spacial score (nSPS) is 13.3. The van der Waals surface area contributed by atoms with Crippen LogP contribution in [-0.2, 0) is 9.53 Å². The molecule has 1 amide bonds. The van der Waals surface area contributed by atoms with Gasteiger partial charge in [0.15, 0.2) is 0 Å². The summed E-state index contributed by atoms with van der Waals surface area (Å²) in [7, 11) is 0. The van der Waals surface area contributed by atoms with Gasteiger partial charge in [0.25, 0.3) is 6.43 Å². The van der Waals surface area contributed by atoms with Gasteiger partial charge in [0.2, 0.25) is 0 Å². The average Bonchev–Trinajstić information content (AvgIpc) is 3.11. The molecule has 2 N–H and O–H groups in total. The summed E-state index contributed by atoms with van der Waals surface area (Å²) in [5, 5.41) is 11.8. The van der Waals surface area contributed by atoms with E-state index >= 15 is 0 Å². The van der Waals surface area contributed by atoms with Gasteiger partial charge in [-0.1, -0.05) is 72.8 Å². The summed E-state index contributed by atoms with van der Waals surface area (Å²) in [6, 6.07) is 20.1. The molecule has 3 aromatic rings. The van der Waals surface area contributed by atoms with E-state index < -0.39 is 31.0 Å². The van der Waals surface area contributed by atoms with Crippen molar-refractivity contribution in [3.05, 3.63) is 95.1 Å². The van der Waals surface area contributed by atoms with Crippen LogP contribution in [0, 0.1) is 0 Å². The van der Waals surface area contributed by atoms with E-state index in [0.717, 1.165) is 22.3 Å². The number of alkyl carbamates (subject to hydrolysis) is 1. The molecule has 0 unspecified atom stereocenters. The minimum atomic E-state index is -2.63. The zero-order valence-electron chi connectivity index (χ0n) is 17.0. The quantitative estimate of drug-likeness (QED) is 0.499. The average molecular weight is 437 g/mol. The lowest BCUT2D eigenvalue weighted by molar-refractivity contribution is -0.137. The lowest BCUT2D eigenvalue weighted by atomic mass is 9.98. The molecule has 0 heterocycles. The van der Waals surface area contributed by atoms with Gasteiger partial charge >= 0.3 is 12.1 Å². The van der Waals surface area contributed by atoms with Crippen LogP contribution in [0.1, 0.15) is 47.1 Å². The number of carboxylic acids is 1. The zero-order valence-corrected chi connectivity index (χ0v) is 17.0. The molecule has 1 atom stereocenters. The molecular formula is C25H21F2NO4. The van der Waals surface area contributed by atoms with E-state index in [1.165, 1.54) is 24.3 Å². The third-order valence-electron chi connectivity index (χ3n) is 5.61. The molecule has 3 aromatic carbocycles. The molecular weight excluding hydrogens is 416 g/mol. The largest absolute Gasteiger partial charge is 0.481 e. The fourth-order valence-corrected chi connectivity index (χ4v) is 4.08. The number of fused-ring (bicyclic) bond motifs is 3. The number of amides is 1. The highest BCUT2D eigenvalue weighted by Crippen LogP contribution is 2.44. The SMILES string of the molecule is O=C(O)C[C@H](NC(=O)OCC1c2ccccc2-c2ccccc21)c1ccc(C(F)F)cc1. The van der Waals surface area contributed by atoms with Gasteiger partial charge in [-0.25, -0.2) is 13.6 Å². The van der Waals surface area contributed by atoms with Gasteiger partial charge in [-0.15, -0.1) is 0 Å². The second-order valence-corrected chi connectivity index (χ2v) is 7.59. The lowest BCUT2D eigenvalue weighted by Gasteiger charge is -2.19. The van der Waals surface area contributed by atoms with E-state index in [0.29, 0.717) is 5.56 Å². The van der Waals surface area contributed by atoms with Crippen LogP contribution in [0.2, 0.25) is 0 Å². The first-order valence-electron chi connectivity index (χ1n) is 10.2. The van der Waals surface area contributed by atoms with Crippen molar-refractivity contribution in [2.75, 3.05) is 6.61 Å². The Morgan fingerprint density at radius 2 is 1.41 bits per heavy atom. The van der Waals surface area contributed by atoms with E-state index in [9.17, 15) is 23.5 Å². The molecule has 0 saturated carbocycles. The van der Waals surface area contributed by atoms with Crippen molar-refractivity contribution in [2.45, 2.75) is 24.8 Å². The molecule has 0 aromatic heterocycles. The molecule has 1 aliphatic rings. The summed E-state index contributed by atoms with van der Waals surface area (Å²) in [6.07, 6.45) is -3.80. The number of alkyl halides is 2. The monoisotopic (exact) mass is 437 g/mol. The van der Waals surface area contributed by atoms with Crippen molar-refractivity contribution in [3.63, 3.8) is 0 Å². The van der Waals surface area contributed by atoms with Gasteiger partial charge in [-0.3, -0.25) is 4.79 Å². The Hall–Kier alpha value is -3.74. The van der Waals surface area contributed by atoms with Gasteiger partial charge < -0.3 is 15.2 Å². The summed E-state index contributed by atoms with van der Waals surface area (Å²) < 4.78 is 31.1. The number of carbonyl (C=O) groups excluding carboxylic acids is 1. The number of nitrogens with one attached hydrogen (secondary N) is 1. The van der Waals surface area contributed by atoms with E-state index in [4.69, 9.17) is 4.74 Å². The Kier molecular flexibility index (Phi) is 6.16. The molecule has 5 nitrogen and oxygen atoms in total. The maximum absolute atomic E-state index is 12.8. The third kappa shape index (κ3) is 4.46. The highest BCUT2D eigenvalue weighted by molar-refractivity contribution is 5.79. The van der Waals surface area contributed by atoms with Crippen LogP contribution in [-0.4, -0.2) is 23.8 Å². The van der Waals surface area contributed by atoms with Crippen LogP contribution < -0.4 is 5.32 Å². The van der Waals surface area contributed by atoms with Crippen molar-refractivity contribution >= 4 is 12.1 Å². The standard InChI is InChI=1S/C25H21F2NO4/c26-24(27)16-11-9-15(10-12-16)22(13-23(29)30)28-25(31)32-14-21-19-7-3-1-5-17(19)18-6-2-4-8-20(18)21/h1-12,21-22,24H,13-14H2,(H,28,31)(H,29,30)/t22-/m0/s1. The van der Waals surface area contributed by atoms with Crippen LogP contribution >= 0.6 is 0 Å². The smallest absolute Gasteiger partial charge is 0.407 e. The minimum absolute atomic E-state index is 0.0873. The Morgan fingerprint density at radius 3 is 1.94 bits per heavy atom. The Balaban J connectivity index is 1.46. The molecule has 1 aliphatic carbocycles. The molecule has 164 valence electrons. The number of carbonyl (C=O) groups is 2. The molecule has 0 aliphatic heterocycles. The van der Waals surface area contributed by atoms with Crippen molar-refractivity contribution in [3.8, 4) is 11.1 Å². The Bertz CT molecular complexity index is 1090. The Morgan fingerprint density at radius 1 is 0.875 bits per heavy atom. The predicted octanol–water partition coefficient (Wildman–Crippen LogP) is 5.68. The van der Waals surface area contributed by atoms with Crippen LogP contribution in [0.15, 0.2) is 72.8 Å². The number of benzene rings is 3. The predicted molar refractivity (Wildman–Crippen MR) is 115 cm³/mol. The molecule has 0 saturated heterocycles. The van der Waals surface area contributed by atoms with Gasteiger partial charge in [0.05, 0.1) is 12.5 Å². The Labute approximate surface area is 183 Å². The second-order valence-electron chi connectivity index (χ2n) is 7.59. The molecule has 32 heavy (non-hydrogen) atoms. The summed E-state index contributed by atoms with van der Waals surface area (Å²) in [6.45, 7) is 0.0873. The van der Waals surface area contributed by atoms with E-state index in [2.05, 4.69) is 5.32 Å². The minimum Gasteiger partial charge on any atom is -0.481 e. The number of hydrogen-bond donors (Lipinski definition) is 2. The first-order valence-corrected chi connectivity index (χ1v) is 10.2. The fourth-order valence-electron chi connectivity index (χ4n) is 4.08. The number of aliphatic carboxylic acids is 1. The van der Waals surface area contributed by atoms with Gasteiger partial charge in [0.1, 0.15) is 6.61 Å². The molecule has 7 heteroatoms. The highest BCUT2D eigenvalue weighted by atomic mass is 19.3. The second kappa shape index (κ2) is 9.18. The van der Waals surface area contributed by atoms with Crippen LogP contribution in [0.4, 0.5) is 13.6 Å². The fraction of sp³-hybridized carbons (Fsp3) is 0.200.